The van der Waals surface area contributed by atoms with E-state index >= 15 is 0 Å². The lowest BCUT2D eigenvalue weighted by Gasteiger charge is -2.59. The van der Waals surface area contributed by atoms with Crippen LogP contribution in [0, 0.1) is 17.3 Å². The molecule has 0 bridgehead atoms. The van der Waals surface area contributed by atoms with E-state index in [1.54, 1.807) is 35.1 Å². The predicted molar refractivity (Wildman–Crippen MR) is 141 cm³/mol. The van der Waals surface area contributed by atoms with Gasteiger partial charge in [0.05, 0.1) is 11.5 Å². The molecular formula is C28H36ClFN4O3. The Morgan fingerprint density at radius 3 is 2.43 bits per heavy atom. The largest absolute Gasteiger partial charge is 0.357 e. The Morgan fingerprint density at radius 2 is 1.86 bits per heavy atom. The van der Waals surface area contributed by atoms with Gasteiger partial charge in [-0.3, -0.25) is 9.59 Å². The normalized spacial score (nSPS) is 24.5. The van der Waals surface area contributed by atoms with E-state index in [2.05, 4.69) is 10.6 Å². The number of benzene rings is 1. The molecular weight excluding hydrogens is 495 g/mol. The number of rotatable bonds is 6. The van der Waals surface area contributed by atoms with E-state index in [0.29, 0.717) is 43.1 Å². The monoisotopic (exact) mass is 530 g/mol. The molecule has 1 aliphatic carbocycles. The molecule has 2 heterocycles. The third kappa shape index (κ3) is 5.13. The summed E-state index contributed by atoms with van der Waals surface area (Å²) in [6.45, 7) is 6.63. The van der Waals surface area contributed by atoms with Gasteiger partial charge in [-0.1, -0.05) is 50.9 Å². The Kier molecular flexibility index (Phi) is 7.97. The molecule has 1 aromatic rings. The molecule has 1 spiro atoms. The average molecular weight is 531 g/mol. The van der Waals surface area contributed by atoms with Gasteiger partial charge in [-0.25, -0.2) is 9.18 Å². The molecule has 2 N–H and O–H groups in total. The molecule has 0 saturated carbocycles. The summed E-state index contributed by atoms with van der Waals surface area (Å²) < 4.78 is 14.3. The van der Waals surface area contributed by atoms with Gasteiger partial charge in [-0.2, -0.15) is 0 Å². The highest BCUT2D eigenvalue weighted by molar-refractivity contribution is 6.30. The quantitative estimate of drug-likeness (QED) is 0.510. The van der Waals surface area contributed by atoms with Crippen LogP contribution in [0.25, 0.3) is 0 Å². The van der Waals surface area contributed by atoms with Crippen LogP contribution >= 0.6 is 11.6 Å². The van der Waals surface area contributed by atoms with Crippen LogP contribution in [0.2, 0.25) is 5.02 Å². The first-order valence-electron chi connectivity index (χ1n) is 13.0. The third-order valence-corrected chi connectivity index (χ3v) is 8.42. The van der Waals surface area contributed by atoms with Crippen LogP contribution in [-0.2, 0) is 9.59 Å². The zero-order valence-electron chi connectivity index (χ0n) is 21.9. The van der Waals surface area contributed by atoms with Gasteiger partial charge in [-0.15, -0.1) is 0 Å². The van der Waals surface area contributed by atoms with Gasteiger partial charge in [0.15, 0.2) is 0 Å². The Morgan fingerprint density at radius 1 is 1.22 bits per heavy atom. The molecule has 2 aliphatic heterocycles. The fraction of sp³-hybridized carbons (Fsp3) is 0.536. The number of likely N-dealkylation sites (tertiary alicyclic amines) is 2. The summed E-state index contributed by atoms with van der Waals surface area (Å²) in [5, 5.41) is 6.12. The van der Waals surface area contributed by atoms with Gasteiger partial charge in [0, 0.05) is 30.9 Å². The second-order valence-corrected chi connectivity index (χ2v) is 11.0. The maximum absolute atomic E-state index is 14.3. The van der Waals surface area contributed by atoms with Crippen LogP contribution in [0.3, 0.4) is 0 Å². The zero-order valence-corrected chi connectivity index (χ0v) is 22.6. The number of urea groups is 1. The molecule has 4 atom stereocenters. The molecule has 4 amide bonds. The third-order valence-electron chi connectivity index (χ3n) is 8.16. The summed E-state index contributed by atoms with van der Waals surface area (Å²) in [6.07, 6.45) is 5.34. The number of halogens is 2. The first-order valence-corrected chi connectivity index (χ1v) is 13.4. The summed E-state index contributed by atoms with van der Waals surface area (Å²) in [7, 11) is 1.56. The van der Waals surface area contributed by atoms with Crippen LogP contribution in [0.15, 0.2) is 47.9 Å². The van der Waals surface area contributed by atoms with Gasteiger partial charge < -0.3 is 20.4 Å². The maximum Gasteiger partial charge on any atom is 0.318 e. The van der Waals surface area contributed by atoms with E-state index in [0.717, 1.165) is 12.0 Å². The van der Waals surface area contributed by atoms with Crippen molar-refractivity contribution in [3.63, 3.8) is 0 Å². The van der Waals surface area contributed by atoms with E-state index in [-0.39, 0.29) is 41.6 Å². The fourth-order valence-corrected chi connectivity index (χ4v) is 5.96. The van der Waals surface area contributed by atoms with Crippen molar-refractivity contribution >= 4 is 29.4 Å². The fourth-order valence-electron chi connectivity index (χ4n) is 5.84. The van der Waals surface area contributed by atoms with Crippen molar-refractivity contribution in [2.45, 2.75) is 58.5 Å². The maximum atomic E-state index is 14.3. The molecule has 9 heteroatoms. The highest BCUT2D eigenvalue weighted by atomic mass is 35.5. The Labute approximate surface area is 223 Å². The first-order chi connectivity index (χ1) is 17.6. The topological polar surface area (TPSA) is 81.8 Å². The van der Waals surface area contributed by atoms with Gasteiger partial charge in [-0.05, 0) is 60.9 Å². The number of hydrogen-bond acceptors (Lipinski definition) is 3. The SMILES string of the molecule is CC[C@H](C)[C@H](NC(=O)N1CCC2(CC1)C(=O)N(C1=CC(F)=CC(C)C1)C2c1ccc(Cl)cc1)C(=O)NC. The molecule has 37 heavy (non-hydrogen) atoms. The standard InChI is InChI=1S/C28H36ClFN4O3/c1-5-18(3)23(25(35)31-4)32-27(37)33-12-10-28(11-13-33)24(19-6-8-20(29)9-7-19)34(26(28)36)22-15-17(2)14-21(30)16-22/h6-9,14,16-18,23-24H,5,10-13,15H2,1-4H3,(H,31,35)(H,32,37)/t17?,18-,23-,24?/m0/s1. The van der Waals surface area contributed by atoms with E-state index in [9.17, 15) is 18.8 Å². The molecule has 7 nitrogen and oxygen atoms in total. The number of piperidine rings is 1. The number of carbonyl (C=O) groups excluding carboxylic acids is 3. The van der Waals surface area contributed by atoms with Crippen molar-refractivity contribution in [3.8, 4) is 0 Å². The first kappa shape index (κ1) is 27.2. The molecule has 2 unspecified atom stereocenters. The number of amides is 4. The summed E-state index contributed by atoms with van der Waals surface area (Å²) >= 11 is 6.14. The summed E-state index contributed by atoms with van der Waals surface area (Å²) in [5.41, 5.74) is 0.954. The minimum Gasteiger partial charge on any atom is -0.357 e. The van der Waals surface area contributed by atoms with Crippen LogP contribution < -0.4 is 10.6 Å². The molecule has 3 aliphatic rings. The minimum absolute atomic E-state index is 0.000426. The van der Waals surface area contributed by atoms with Crippen molar-refractivity contribution in [1.82, 2.24) is 20.4 Å². The van der Waals surface area contributed by atoms with Crippen molar-refractivity contribution < 1.29 is 18.8 Å². The zero-order chi connectivity index (χ0) is 26.9. The second kappa shape index (κ2) is 10.9. The van der Waals surface area contributed by atoms with Gasteiger partial charge in [0.2, 0.25) is 11.8 Å². The summed E-state index contributed by atoms with van der Waals surface area (Å²) in [6, 6.07) is 6.28. The lowest BCUT2D eigenvalue weighted by molar-refractivity contribution is -0.174. The number of nitrogens with one attached hydrogen (secondary N) is 2. The van der Waals surface area contributed by atoms with Crippen LogP contribution in [0.5, 0.6) is 0 Å². The molecule has 2 saturated heterocycles. The Hall–Kier alpha value is -2.87. The molecule has 0 aromatic heterocycles. The second-order valence-electron chi connectivity index (χ2n) is 10.6. The van der Waals surface area contributed by atoms with E-state index in [1.165, 1.54) is 6.08 Å². The van der Waals surface area contributed by atoms with Gasteiger partial charge >= 0.3 is 6.03 Å². The van der Waals surface area contributed by atoms with E-state index < -0.39 is 11.5 Å². The molecule has 1 aromatic carbocycles. The molecule has 2 fully saturated rings. The predicted octanol–water partition coefficient (Wildman–Crippen LogP) is 4.95. The number of β-lactam (4-membered cyclic amide) rings is 1. The summed E-state index contributed by atoms with van der Waals surface area (Å²) in [4.78, 5) is 42.6. The molecule has 0 radical (unpaired) electrons. The van der Waals surface area contributed by atoms with Crippen molar-refractivity contribution in [2.75, 3.05) is 20.1 Å². The van der Waals surface area contributed by atoms with Crippen molar-refractivity contribution in [1.29, 1.82) is 0 Å². The van der Waals surface area contributed by atoms with E-state index in [4.69, 9.17) is 11.6 Å². The lowest BCUT2D eigenvalue weighted by Crippen LogP contribution is -2.66. The van der Waals surface area contributed by atoms with Gasteiger partial charge in [0.25, 0.3) is 0 Å². The summed E-state index contributed by atoms with van der Waals surface area (Å²) in [5.74, 6) is -0.587. The highest BCUT2D eigenvalue weighted by Gasteiger charge is 2.62. The van der Waals surface area contributed by atoms with Crippen LogP contribution in [-0.4, -0.2) is 53.8 Å². The Balaban J connectivity index is 1.54. The van der Waals surface area contributed by atoms with Crippen LogP contribution in [0.4, 0.5) is 9.18 Å². The highest BCUT2D eigenvalue weighted by Crippen LogP contribution is 2.58. The van der Waals surface area contributed by atoms with Crippen LogP contribution in [0.1, 0.15) is 58.1 Å². The number of carbonyl (C=O) groups is 3. The van der Waals surface area contributed by atoms with E-state index in [1.807, 2.05) is 32.9 Å². The average Bonchev–Trinajstić information content (AvgIpc) is 2.89. The van der Waals surface area contributed by atoms with Crippen molar-refractivity contribution in [3.05, 3.63) is 58.5 Å². The smallest absolute Gasteiger partial charge is 0.318 e. The number of likely N-dealkylation sites (N-methyl/N-ethyl adjacent to an activating group) is 1. The number of nitrogens with zero attached hydrogens (tertiary/aromatic N) is 2. The Bertz CT molecular complexity index is 1110. The van der Waals surface area contributed by atoms with Crippen molar-refractivity contribution in [2.24, 2.45) is 17.3 Å². The molecule has 4 rings (SSSR count). The van der Waals surface area contributed by atoms with Gasteiger partial charge in [0.1, 0.15) is 11.9 Å². The lowest BCUT2D eigenvalue weighted by atomic mass is 9.61. The number of hydrogen-bond donors (Lipinski definition) is 2. The molecule has 200 valence electrons. The number of allylic oxidation sites excluding steroid dienone is 4. The minimum atomic E-state index is -0.677.